The lowest BCUT2D eigenvalue weighted by molar-refractivity contribution is -0.139. The van der Waals surface area contributed by atoms with E-state index in [2.05, 4.69) is 0 Å². The molecule has 0 radical (unpaired) electrons. The third kappa shape index (κ3) is 4.80. The smallest absolute Gasteiger partial charge is 0.303 e. The van der Waals surface area contributed by atoms with Crippen LogP contribution in [0.25, 0.3) is 0 Å². The Kier molecular flexibility index (Phi) is 6.80. The van der Waals surface area contributed by atoms with E-state index in [9.17, 15) is 14.7 Å². The molecule has 1 amide bonds. The lowest BCUT2D eigenvalue weighted by Gasteiger charge is -2.25. The molecule has 0 spiro atoms. The van der Waals surface area contributed by atoms with Crippen molar-refractivity contribution in [1.82, 2.24) is 0 Å². The van der Waals surface area contributed by atoms with Crippen LogP contribution in [0.3, 0.4) is 0 Å². The van der Waals surface area contributed by atoms with Gasteiger partial charge in [-0.1, -0.05) is 71.7 Å². The minimum atomic E-state index is -0.991. The maximum Gasteiger partial charge on any atom is 0.303 e. The summed E-state index contributed by atoms with van der Waals surface area (Å²) >= 11 is 12.8. The predicted molar refractivity (Wildman–Crippen MR) is 124 cm³/mol. The van der Waals surface area contributed by atoms with Gasteiger partial charge in [0.25, 0.3) is 5.91 Å². The van der Waals surface area contributed by atoms with Gasteiger partial charge in [-0.2, -0.15) is 0 Å². The first-order valence-corrected chi connectivity index (χ1v) is 11.0. The van der Waals surface area contributed by atoms with E-state index in [1.165, 1.54) is 0 Å². The van der Waals surface area contributed by atoms with E-state index in [0.29, 0.717) is 33.4 Å². The maximum absolute atomic E-state index is 13.6. The zero-order chi connectivity index (χ0) is 22.7. The van der Waals surface area contributed by atoms with E-state index in [-0.39, 0.29) is 18.7 Å². The number of carbonyl (C=O) groups excluding carboxylic acids is 1. The zero-order valence-corrected chi connectivity index (χ0v) is 18.6. The molecule has 2 atom stereocenters. The van der Waals surface area contributed by atoms with Crippen LogP contribution in [0.5, 0.6) is 0 Å². The summed E-state index contributed by atoms with van der Waals surface area (Å²) < 4.78 is 6.29. The van der Waals surface area contributed by atoms with Gasteiger partial charge in [0.2, 0.25) is 0 Å². The lowest BCUT2D eigenvalue weighted by atomic mass is 9.99. The van der Waals surface area contributed by atoms with Crippen LogP contribution in [-0.4, -0.2) is 23.1 Å². The van der Waals surface area contributed by atoms with Gasteiger partial charge in [-0.25, -0.2) is 0 Å². The highest BCUT2D eigenvalue weighted by Gasteiger charge is 2.37. The number of carboxylic acid groups (broad SMARTS) is 1. The normalized spacial score (nSPS) is 18.2. The monoisotopic (exact) mass is 469 g/mol. The first-order chi connectivity index (χ1) is 15.4. The molecule has 0 saturated carbocycles. The Morgan fingerprint density at radius 3 is 2.41 bits per heavy atom. The summed E-state index contributed by atoms with van der Waals surface area (Å²) in [5.74, 6) is -1.29. The Balaban J connectivity index is 1.85. The molecule has 1 aliphatic heterocycles. The highest BCUT2D eigenvalue weighted by atomic mass is 35.5. The number of hydrogen-bond donors (Lipinski definition) is 1. The number of ether oxygens (including phenoxy) is 1. The summed E-state index contributed by atoms with van der Waals surface area (Å²) in [6.07, 6.45) is -1.78. The van der Waals surface area contributed by atoms with Gasteiger partial charge in [-0.15, -0.1) is 0 Å². The van der Waals surface area contributed by atoms with Gasteiger partial charge in [-0.05, 0) is 36.2 Å². The average molecular weight is 470 g/mol. The van der Waals surface area contributed by atoms with Crippen molar-refractivity contribution in [1.29, 1.82) is 0 Å². The molecule has 3 aromatic carbocycles. The lowest BCUT2D eigenvalue weighted by Crippen LogP contribution is -2.39. The minimum absolute atomic E-state index is 0.0438. The zero-order valence-electron chi connectivity index (χ0n) is 17.1. The van der Waals surface area contributed by atoms with Gasteiger partial charge in [-0.3, -0.25) is 9.59 Å². The quantitative estimate of drug-likeness (QED) is 0.489. The van der Waals surface area contributed by atoms with E-state index in [0.717, 1.165) is 5.56 Å². The summed E-state index contributed by atoms with van der Waals surface area (Å²) in [6.45, 7) is 0.316. The molecule has 5 nitrogen and oxygen atoms in total. The van der Waals surface area contributed by atoms with E-state index < -0.39 is 18.2 Å². The highest BCUT2D eigenvalue weighted by Crippen LogP contribution is 2.42. The minimum Gasteiger partial charge on any atom is -0.481 e. The Bertz CT molecular complexity index is 1140. The molecule has 0 aliphatic carbocycles. The Morgan fingerprint density at radius 2 is 1.69 bits per heavy atom. The van der Waals surface area contributed by atoms with E-state index in [1.54, 1.807) is 29.2 Å². The standard InChI is InChI=1S/C25H21Cl2NO4/c26-17-10-11-21-19(14-17)24(18-8-4-5-9-20(18)27)32-22(12-13-23(29)30)25(31)28(21)15-16-6-2-1-3-7-16/h1-11,14,22,24H,12-13,15H2,(H,29,30)/t22-,24-/m1/s1. The third-order valence-electron chi connectivity index (χ3n) is 5.40. The number of anilines is 1. The Morgan fingerprint density at radius 1 is 0.969 bits per heavy atom. The summed E-state index contributed by atoms with van der Waals surface area (Å²) in [6, 6.07) is 22.2. The molecule has 0 unspecified atom stereocenters. The number of carbonyl (C=O) groups is 2. The molecular formula is C25H21Cl2NO4. The molecule has 0 aromatic heterocycles. The van der Waals surface area contributed by atoms with Gasteiger partial charge < -0.3 is 14.7 Å². The molecule has 1 N–H and O–H groups in total. The number of aliphatic carboxylic acids is 1. The molecule has 7 heteroatoms. The molecule has 0 fully saturated rings. The predicted octanol–water partition coefficient (Wildman–Crippen LogP) is 5.88. The van der Waals surface area contributed by atoms with Crippen molar-refractivity contribution in [3.63, 3.8) is 0 Å². The Hall–Kier alpha value is -2.86. The number of carboxylic acids is 1. The third-order valence-corrected chi connectivity index (χ3v) is 5.98. The second kappa shape index (κ2) is 9.74. The van der Waals surface area contributed by atoms with Crippen LogP contribution >= 0.6 is 23.2 Å². The first-order valence-electron chi connectivity index (χ1n) is 10.2. The fourth-order valence-corrected chi connectivity index (χ4v) is 4.29. The number of fused-ring (bicyclic) bond motifs is 1. The number of halogens is 2. The van der Waals surface area contributed by atoms with E-state index in [1.807, 2.05) is 48.5 Å². The highest BCUT2D eigenvalue weighted by molar-refractivity contribution is 6.31. The van der Waals surface area contributed by atoms with Crippen LogP contribution in [0.2, 0.25) is 10.0 Å². The van der Waals surface area contributed by atoms with Crippen LogP contribution in [0.1, 0.15) is 35.6 Å². The molecule has 1 heterocycles. The summed E-state index contributed by atoms with van der Waals surface area (Å²) in [7, 11) is 0. The van der Waals surface area contributed by atoms with Gasteiger partial charge in [0, 0.05) is 27.6 Å². The molecule has 164 valence electrons. The Labute approximate surface area is 196 Å². The number of nitrogens with zero attached hydrogens (tertiary/aromatic N) is 1. The molecule has 3 aromatic rings. The molecule has 32 heavy (non-hydrogen) atoms. The number of benzene rings is 3. The molecule has 4 rings (SSSR count). The van der Waals surface area contributed by atoms with Crippen molar-refractivity contribution in [2.75, 3.05) is 4.90 Å². The second-order valence-electron chi connectivity index (χ2n) is 7.57. The fraction of sp³-hybridized carbons (Fsp3) is 0.200. The number of rotatable bonds is 6. The maximum atomic E-state index is 13.6. The summed E-state index contributed by atoms with van der Waals surface area (Å²) in [4.78, 5) is 26.5. The van der Waals surface area contributed by atoms with Gasteiger partial charge >= 0.3 is 5.97 Å². The fourth-order valence-electron chi connectivity index (χ4n) is 3.87. The second-order valence-corrected chi connectivity index (χ2v) is 8.42. The molecule has 0 bridgehead atoms. The first kappa shape index (κ1) is 22.3. The van der Waals surface area contributed by atoms with Gasteiger partial charge in [0.05, 0.1) is 12.2 Å². The van der Waals surface area contributed by atoms with Crippen molar-refractivity contribution in [2.24, 2.45) is 0 Å². The van der Waals surface area contributed by atoms with Gasteiger partial charge in [0.15, 0.2) is 0 Å². The summed E-state index contributed by atoms with van der Waals surface area (Å²) in [5.41, 5.74) is 2.99. The average Bonchev–Trinajstić information content (AvgIpc) is 2.89. The van der Waals surface area contributed by atoms with Crippen LogP contribution in [0.15, 0.2) is 72.8 Å². The van der Waals surface area contributed by atoms with Crippen LogP contribution in [0.4, 0.5) is 5.69 Å². The van der Waals surface area contributed by atoms with Crippen molar-refractivity contribution < 1.29 is 19.4 Å². The largest absolute Gasteiger partial charge is 0.481 e. The van der Waals surface area contributed by atoms with Crippen LogP contribution in [-0.2, 0) is 20.9 Å². The molecule has 0 saturated heterocycles. The van der Waals surface area contributed by atoms with Gasteiger partial charge in [0.1, 0.15) is 12.2 Å². The SMILES string of the molecule is O=C(O)CC[C@H]1O[C@H](c2ccccc2Cl)c2cc(Cl)ccc2N(Cc2ccccc2)C1=O. The van der Waals surface area contributed by atoms with E-state index in [4.69, 9.17) is 27.9 Å². The number of hydrogen-bond acceptors (Lipinski definition) is 3. The van der Waals surface area contributed by atoms with Crippen molar-refractivity contribution >= 4 is 40.8 Å². The van der Waals surface area contributed by atoms with Crippen LogP contribution in [0, 0.1) is 0 Å². The molecule has 1 aliphatic rings. The van der Waals surface area contributed by atoms with Crippen molar-refractivity contribution in [3.8, 4) is 0 Å². The van der Waals surface area contributed by atoms with Crippen molar-refractivity contribution in [2.45, 2.75) is 31.6 Å². The van der Waals surface area contributed by atoms with Crippen molar-refractivity contribution in [3.05, 3.63) is 99.5 Å². The summed E-state index contributed by atoms with van der Waals surface area (Å²) in [5, 5.41) is 10.2. The topological polar surface area (TPSA) is 66.8 Å². The molecular weight excluding hydrogens is 449 g/mol. The van der Waals surface area contributed by atoms with Crippen LogP contribution < -0.4 is 4.90 Å². The number of amides is 1. The van der Waals surface area contributed by atoms with E-state index >= 15 is 0 Å².